The smallest absolute Gasteiger partial charge is 0.348 e. The number of esters is 2. The Bertz CT molecular complexity index is 1050. The van der Waals surface area contributed by atoms with E-state index in [0.717, 1.165) is 23.1 Å². The number of carbonyl (C=O) groups excluding carboxylic acids is 2. The Hall–Kier alpha value is -3.30. The molecule has 3 aromatic heterocycles. The fourth-order valence-corrected chi connectivity index (χ4v) is 3.67. The zero-order valence-electron chi connectivity index (χ0n) is 15.0. The molecule has 0 amide bonds. The maximum absolute atomic E-state index is 12.1. The minimum absolute atomic E-state index is 0.0958. The summed E-state index contributed by atoms with van der Waals surface area (Å²) in [5.74, 6) is -0.732. The molecule has 0 atom stereocenters. The topological polar surface area (TPSA) is 154 Å². The Morgan fingerprint density at radius 2 is 2.21 bits per heavy atom. The Morgan fingerprint density at radius 3 is 2.90 bits per heavy atom. The van der Waals surface area contributed by atoms with Crippen molar-refractivity contribution in [3.05, 3.63) is 34.4 Å². The largest absolute Gasteiger partial charge is 0.462 e. The van der Waals surface area contributed by atoms with Gasteiger partial charge >= 0.3 is 11.9 Å². The molecule has 3 heterocycles. The monoisotopic (exact) mass is 434 g/mol. The molecule has 0 unspecified atom stereocenters. The van der Waals surface area contributed by atoms with Crippen LogP contribution in [-0.4, -0.2) is 34.5 Å². The van der Waals surface area contributed by atoms with Crippen molar-refractivity contribution in [3.8, 4) is 17.7 Å². The van der Waals surface area contributed by atoms with E-state index in [1.54, 1.807) is 19.1 Å². The van der Waals surface area contributed by atoms with Gasteiger partial charge in [-0.15, -0.1) is 21.5 Å². The Balaban J connectivity index is 1.59. The van der Waals surface area contributed by atoms with E-state index < -0.39 is 11.9 Å². The summed E-state index contributed by atoms with van der Waals surface area (Å²) in [6.07, 6.45) is 1.47. The number of anilines is 1. The number of aromatic nitrogens is 2. The third kappa shape index (κ3) is 4.76. The van der Waals surface area contributed by atoms with Gasteiger partial charge in [-0.05, 0) is 19.1 Å². The molecule has 0 aliphatic rings. The highest BCUT2D eigenvalue weighted by Crippen LogP contribution is 2.32. The van der Waals surface area contributed by atoms with Gasteiger partial charge in [0.1, 0.15) is 28.3 Å². The minimum Gasteiger partial charge on any atom is -0.462 e. The van der Waals surface area contributed by atoms with Gasteiger partial charge in [-0.1, -0.05) is 11.8 Å². The number of thioether (sulfide) groups is 1. The summed E-state index contributed by atoms with van der Waals surface area (Å²) >= 11 is 1.90. The second-order valence-corrected chi connectivity index (χ2v) is 7.26. The lowest BCUT2D eigenvalue weighted by Gasteiger charge is -2.06. The zero-order valence-corrected chi connectivity index (χ0v) is 16.7. The fraction of sp³-hybridized carbons (Fsp3) is 0.235. The van der Waals surface area contributed by atoms with Crippen LogP contribution in [0.5, 0.6) is 0 Å². The van der Waals surface area contributed by atoms with Crippen LogP contribution < -0.4 is 5.73 Å². The average molecular weight is 434 g/mol. The van der Waals surface area contributed by atoms with Gasteiger partial charge in [0.05, 0.1) is 18.4 Å². The van der Waals surface area contributed by atoms with Gasteiger partial charge in [-0.2, -0.15) is 5.26 Å². The molecule has 0 fully saturated rings. The number of ether oxygens (including phenoxy) is 2. The number of nitrogen functional groups attached to an aromatic ring is 1. The lowest BCUT2D eigenvalue weighted by Crippen LogP contribution is -2.11. The van der Waals surface area contributed by atoms with Gasteiger partial charge in [-0.3, -0.25) is 4.79 Å². The van der Waals surface area contributed by atoms with Crippen LogP contribution in [-0.2, 0) is 20.9 Å². The van der Waals surface area contributed by atoms with Crippen LogP contribution >= 0.6 is 23.1 Å². The highest BCUT2D eigenvalue weighted by atomic mass is 32.2. The number of thiophene rings is 1. The number of carbonyl (C=O) groups is 2. The van der Waals surface area contributed by atoms with Crippen molar-refractivity contribution in [3.63, 3.8) is 0 Å². The van der Waals surface area contributed by atoms with Crippen LogP contribution in [0, 0.1) is 11.3 Å². The third-order valence-corrected chi connectivity index (χ3v) is 5.27. The van der Waals surface area contributed by atoms with Gasteiger partial charge in [0.2, 0.25) is 0 Å². The third-order valence-electron chi connectivity index (χ3n) is 3.44. The summed E-state index contributed by atoms with van der Waals surface area (Å²) in [4.78, 5) is 24.2. The molecule has 3 rings (SSSR count). The molecule has 10 nitrogen and oxygen atoms in total. The number of furan rings is 1. The van der Waals surface area contributed by atoms with E-state index in [1.807, 2.05) is 6.07 Å². The van der Waals surface area contributed by atoms with E-state index in [9.17, 15) is 14.9 Å². The summed E-state index contributed by atoms with van der Waals surface area (Å²) in [5, 5.41) is 17.2. The van der Waals surface area contributed by atoms with Crippen molar-refractivity contribution in [2.24, 2.45) is 0 Å². The van der Waals surface area contributed by atoms with E-state index in [-0.39, 0.29) is 51.1 Å². The van der Waals surface area contributed by atoms with Crippen LogP contribution in [0.3, 0.4) is 0 Å². The molecule has 150 valence electrons. The van der Waals surface area contributed by atoms with Crippen molar-refractivity contribution in [1.82, 2.24) is 10.2 Å². The molecule has 0 aliphatic heterocycles. The van der Waals surface area contributed by atoms with Crippen molar-refractivity contribution in [1.29, 1.82) is 5.26 Å². The average Bonchev–Trinajstić information content (AvgIpc) is 3.44. The normalized spacial score (nSPS) is 10.5. The molecule has 2 N–H and O–H groups in total. The van der Waals surface area contributed by atoms with Crippen molar-refractivity contribution < 1.29 is 27.9 Å². The molecule has 0 aliphatic carbocycles. The number of nitrogens with two attached hydrogens (primary N) is 1. The van der Waals surface area contributed by atoms with E-state index in [4.69, 9.17) is 24.0 Å². The first-order valence-electron chi connectivity index (χ1n) is 8.17. The Morgan fingerprint density at radius 1 is 1.38 bits per heavy atom. The lowest BCUT2D eigenvalue weighted by atomic mass is 10.1. The Kier molecular flexibility index (Phi) is 6.53. The standard InChI is InChI=1S/C17H14N4O6S2/c1-2-24-16(23)13-10(9(6-18)14(19)29-13)7-26-12(22)8-28-17-21-20-15(27-17)11-4-3-5-25-11/h3-5H,2,7-8,19H2,1H3. The summed E-state index contributed by atoms with van der Waals surface area (Å²) in [6, 6.07) is 5.26. The lowest BCUT2D eigenvalue weighted by molar-refractivity contribution is -0.141. The maximum Gasteiger partial charge on any atom is 0.348 e. The highest BCUT2D eigenvalue weighted by molar-refractivity contribution is 7.99. The zero-order chi connectivity index (χ0) is 20.8. The van der Waals surface area contributed by atoms with Crippen LogP contribution in [0.4, 0.5) is 5.00 Å². The molecule has 12 heteroatoms. The van der Waals surface area contributed by atoms with Crippen LogP contribution in [0.15, 0.2) is 32.5 Å². The fourth-order valence-electron chi connectivity index (χ4n) is 2.19. The van der Waals surface area contributed by atoms with Gasteiger partial charge in [-0.25, -0.2) is 4.79 Å². The molecule has 0 aromatic carbocycles. The molecule has 0 radical (unpaired) electrons. The summed E-state index contributed by atoms with van der Waals surface area (Å²) in [6.45, 7) is 1.54. The first-order valence-corrected chi connectivity index (χ1v) is 9.97. The van der Waals surface area contributed by atoms with Crippen molar-refractivity contribution >= 4 is 40.0 Å². The van der Waals surface area contributed by atoms with E-state index >= 15 is 0 Å². The van der Waals surface area contributed by atoms with E-state index in [0.29, 0.717) is 5.76 Å². The number of hydrogen-bond donors (Lipinski definition) is 1. The van der Waals surface area contributed by atoms with E-state index in [1.165, 1.54) is 6.26 Å². The molecular formula is C17H14N4O6S2. The summed E-state index contributed by atoms with van der Waals surface area (Å²) in [5.41, 5.74) is 6.10. The number of nitrogens with zero attached hydrogens (tertiary/aromatic N) is 3. The van der Waals surface area contributed by atoms with Gasteiger partial charge in [0.15, 0.2) is 5.76 Å². The molecule has 0 saturated heterocycles. The first kappa shape index (κ1) is 20.4. The van der Waals surface area contributed by atoms with Gasteiger partial charge in [0, 0.05) is 5.56 Å². The molecular weight excluding hydrogens is 420 g/mol. The minimum atomic E-state index is -0.623. The van der Waals surface area contributed by atoms with Crippen LogP contribution in [0.2, 0.25) is 0 Å². The second-order valence-electron chi connectivity index (χ2n) is 5.28. The SMILES string of the molecule is CCOC(=O)c1sc(N)c(C#N)c1COC(=O)CSc1nnc(-c2ccco2)o1. The maximum atomic E-state index is 12.1. The Labute approximate surface area is 172 Å². The molecule has 3 aromatic rings. The molecule has 0 saturated carbocycles. The molecule has 0 bridgehead atoms. The summed E-state index contributed by atoms with van der Waals surface area (Å²) < 4.78 is 20.7. The first-order chi connectivity index (χ1) is 14.0. The van der Waals surface area contributed by atoms with Crippen LogP contribution in [0.25, 0.3) is 11.7 Å². The molecule has 0 spiro atoms. The van der Waals surface area contributed by atoms with Gasteiger partial charge in [0.25, 0.3) is 11.1 Å². The van der Waals surface area contributed by atoms with Crippen molar-refractivity contribution in [2.45, 2.75) is 18.8 Å². The summed E-state index contributed by atoms with van der Waals surface area (Å²) in [7, 11) is 0. The second kappa shape index (κ2) is 9.26. The van der Waals surface area contributed by atoms with E-state index in [2.05, 4.69) is 10.2 Å². The predicted octanol–water partition coefficient (Wildman–Crippen LogP) is 2.86. The van der Waals surface area contributed by atoms with Crippen molar-refractivity contribution in [2.75, 3.05) is 18.1 Å². The van der Waals surface area contributed by atoms with Crippen LogP contribution in [0.1, 0.15) is 27.7 Å². The quantitative estimate of drug-likeness (QED) is 0.411. The predicted molar refractivity (Wildman–Crippen MR) is 102 cm³/mol. The highest BCUT2D eigenvalue weighted by Gasteiger charge is 2.24. The number of nitriles is 1. The van der Waals surface area contributed by atoms with Gasteiger partial charge < -0.3 is 24.0 Å². The number of hydrogen-bond acceptors (Lipinski definition) is 12. The molecule has 29 heavy (non-hydrogen) atoms. The number of rotatable bonds is 8.